The van der Waals surface area contributed by atoms with Crippen LogP contribution < -0.4 is 4.90 Å². The van der Waals surface area contributed by atoms with Crippen molar-refractivity contribution in [3.05, 3.63) is 70.9 Å². The molecule has 3 aromatic rings. The van der Waals surface area contributed by atoms with Gasteiger partial charge < -0.3 is 19.3 Å². The minimum atomic E-state index is -4.45. The normalized spacial score (nSPS) is 16.5. The predicted octanol–water partition coefficient (Wildman–Crippen LogP) is 4.76. The SMILES string of the molecule is COC(=O)OC(CN1CCN(c2ccccc2C)CC1)Cn1nc(-c2ccc(C(F)(F)F)cc2)c2c1CCN(C(C)=O)C2. The van der Waals surface area contributed by atoms with Crippen LogP contribution in [0.15, 0.2) is 48.5 Å². The number of para-hydroxylation sites is 1. The van der Waals surface area contributed by atoms with Gasteiger partial charge in [0.1, 0.15) is 6.10 Å². The van der Waals surface area contributed by atoms with Crippen LogP contribution in [0.4, 0.5) is 23.7 Å². The molecule has 2 aliphatic rings. The zero-order chi connectivity index (χ0) is 30.7. The lowest BCUT2D eigenvalue weighted by Crippen LogP contribution is -2.50. The van der Waals surface area contributed by atoms with Crippen molar-refractivity contribution < 1.29 is 32.2 Å². The molecule has 5 rings (SSSR count). The van der Waals surface area contributed by atoms with Crippen LogP contribution in [0, 0.1) is 6.92 Å². The van der Waals surface area contributed by atoms with E-state index in [1.807, 2.05) is 12.1 Å². The molecule has 1 aromatic heterocycles. The van der Waals surface area contributed by atoms with Crippen molar-refractivity contribution in [2.45, 2.75) is 45.6 Å². The monoisotopic (exact) mass is 599 g/mol. The number of nitrogens with zero attached hydrogens (tertiary/aromatic N) is 5. The Balaban J connectivity index is 1.38. The number of amides is 1. The summed E-state index contributed by atoms with van der Waals surface area (Å²) in [6, 6.07) is 13.2. The van der Waals surface area contributed by atoms with Gasteiger partial charge in [0.15, 0.2) is 0 Å². The van der Waals surface area contributed by atoms with Gasteiger partial charge in [-0.15, -0.1) is 0 Å². The number of benzene rings is 2. The molecular weight excluding hydrogens is 563 g/mol. The molecule has 1 atom stereocenters. The van der Waals surface area contributed by atoms with Gasteiger partial charge in [-0.05, 0) is 30.7 Å². The maximum absolute atomic E-state index is 13.2. The molecule has 1 saturated heterocycles. The number of anilines is 1. The van der Waals surface area contributed by atoms with E-state index < -0.39 is 24.0 Å². The zero-order valence-corrected chi connectivity index (χ0v) is 24.6. The summed E-state index contributed by atoms with van der Waals surface area (Å²) in [5.41, 5.74) is 4.37. The molecule has 2 aliphatic heterocycles. The molecule has 1 amide bonds. The van der Waals surface area contributed by atoms with Gasteiger partial charge in [0, 0.05) is 81.7 Å². The lowest BCUT2D eigenvalue weighted by atomic mass is 10.00. The molecule has 0 radical (unpaired) electrons. The number of fused-ring (bicyclic) bond motifs is 1. The first-order valence-electron chi connectivity index (χ1n) is 14.3. The Morgan fingerprint density at radius 2 is 1.67 bits per heavy atom. The first kappa shape index (κ1) is 30.4. The van der Waals surface area contributed by atoms with Crippen LogP contribution in [0.5, 0.6) is 0 Å². The maximum Gasteiger partial charge on any atom is 0.508 e. The third kappa shape index (κ3) is 6.96. The molecule has 0 saturated carbocycles. The number of hydrogen-bond donors (Lipinski definition) is 0. The van der Waals surface area contributed by atoms with Crippen LogP contribution in [-0.4, -0.2) is 84.1 Å². The first-order valence-corrected chi connectivity index (χ1v) is 14.3. The average molecular weight is 600 g/mol. The third-order valence-corrected chi connectivity index (χ3v) is 8.16. The Bertz CT molecular complexity index is 1450. The number of carbonyl (C=O) groups excluding carboxylic acids is 2. The number of piperazine rings is 1. The van der Waals surface area contributed by atoms with E-state index in [1.165, 1.54) is 37.4 Å². The van der Waals surface area contributed by atoms with Gasteiger partial charge in [0.25, 0.3) is 0 Å². The van der Waals surface area contributed by atoms with Crippen molar-refractivity contribution in [1.29, 1.82) is 0 Å². The van der Waals surface area contributed by atoms with Crippen molar-refractivity contribution in [3.8, 4) is 11.3 Å². The number of hydrogen-bond acceptors (Lipinski definition) is 7. The van der Waals surface area contributed by atoms with E-state index in [0.717, 1.165) is 49.6 Å². The Labute approximate surface area is 248 Å². The highest BCUT2D eigenvalue weighted by Crippen LogP contribution is 2.34. The summed E-state index contributed by atoms with van der Waals surface area (Å²) in [6.45, 7) is 8.27. The number of aryl methyl sites for hydroxylation is 1. The minimum absolute atomic E-state index is 0.0893. The van der Waals surface area contributed by atoms with E-state index in [1.54, 1.807) is 9.58 Å². The summed E-state index contributed by atoms with van der Waals surface area (Å²) in [7, 11) is 1.26. The van der Waals surface area contributed by atoms with Gasteiger partial charge in [0.05, 0.1) is 24.9 Å². The molecule has 3 heterocycles. The van der Waals surface area contributed by atoms with E-state index in [0.29, 0.717) is 37.3 Å². The van der Waals surface area contributed by atoms with Crippen molar-refractivity contribution >= 4 is 17.7 Å². The van der Waals surface area contributed by atoms with E-state index in [9.17, 15) is 22.8 Å². The maximum atomic E-state index is 13.2. The second-order valence-corrected chi connectivity index (χ2v) is 11.0. The molecule has 1 unspecified atom stereocenters. The van der Waals surface area contributed by atoms with Crippen molar-refractivity contribution in [3.63, 3.8) is 0 Å². The molecule has 0 bridgehead atoms. The summed E-state index contributed by atoms with van der Waals surface area (Å²) < 4.78 is 51.9. The number of methoxy groups -OCH3 is 1. The van der Waals surface area contributed by atoms with Gasteiger partial charge in [0.2, 0.25) is 5.91 Å². The Morgan fingerprint density at radius 3 is 2.30 bits per heavy atom. The predicted molar refractivity (Wildman–Crippen MR) is 155 cm³/mol. The lowest BCUT2D eigenvalue weighted by molar-refractivity contribution is -0.137. The van der Waals surface area contributed by atoms with Gasteiger partial charge in [-0.1, -0.05) is 30.3 Å². The van der Waals surface area contributed by atoms with Crippen LogP contribution in [0.3, 0.4) is 0 Å². The highest BCUT2D eigenvalue weighted by atomic mass is 19.4. The quantitative estimate of drug-likeness (QED) is 0.363. The molecule has 2 aromatic carbocycles. The standard InChI is InChI=1S/C31H36F3N5O4/c1-21-6-4-5-7-27(21)37-16-14-36(15-17-37)18-25(43-30(41)42-3)19-39-28-12-13-38(22(2)40)20-26(28)29(35-39)23-8-10-24(11-9-23)31(32,33)34/h4-11,25H,12-20H2,1-3H3. The van der Waals surface area contributed by atoms with E-state index >= 15 is 0 Å². The van der Waals surface area contributed by atoms with Crippen LogP contribution in [0.2, 0.25) is 0 Å². The fourth-order valence-corrected chi connectivity index (χ4v) is 5.85. The lowest BCUT2D eigenvalue weighted by Gasteiger charge is -2.38. The van der Waals surface area contributed by atoms with Crippen LogP contribution in [0.25, 0.3) is 11.3 Å². The molecule has 1 fully saturated rings. The smallest absolute Gasteiger partial charge is 0.438 e. The number of aromatic nitrogens is 2. The van der Waals surface area contributed by atoms with Crippen molar-refractivity contribution in [2.75, 3.05) is 51.3 Å². The van der Waals surface area contributed by atoms with E-state index in [-0.39, 0.29) is 12.5 Å². The summed E-state index contributed by atoms with van der Waals surface area (Å²) in [5, 5.41) is 4.81. The number of halogens is 3. The second-order valence-electron chi connectivity index (χ2n) is 11.0. The van der Waals surface area contributed by atoms with Crippen LogP contribution >= 0.6 is 0 Å². The first-order chi connectivity index (χ1) is 20.5. The minimum Gasteiger partial charge on any atom is -0.438 e. The number of carbonyl (C=O) groups is 2. The molecule has 12 heteroatoms. The summed E-state index contributed by atoms with van der Waals surface area (Å²) >= 11 is 0. The Kier molecular flexibility index (Phi) is 8.95. The van der Waals surface area contributed by atoms with E-state index in [4.69, 9.17) is 14.6 Å². The largest absolute Gasteiger partial charge is 0.508 e. The number of ether oxygens (including phenoxy) is 2. The molecule has 0 spiro atoms. The topological polar surface area (TPSA) is 80.1 Å². The molecule has 0 aliphatic carbocycles. The fraction of sp³-hybridized carbons (Fsp3) is 0.452. The molecule has 0 N–H and O–H groups in total. The van der Waals surface area contributed by atoms with Crippen LogP contribution in [0.1, 0.15) is 29.3 Å². The number of alkyl halides is 3. The molecular formula is C31H36F3N5O4. The Morgan fingerprint density at radius 1 is 0.977 bits per heavy atom. The summed E-state index contributed by atoms with van der Waals surface area (Å²) in [6.07, 6.45) is -5.32. The van der Waals surface area contributed by atoms with Gasteiger partial charge in [-0.25, -0.2) is 4.79 Å². The highest BCUT2D eigenvalue weighted by molar-refractivity contribution is 5.74. The molecule has 230 valence electrons. The highest BCUT2D eigenvalue weighted by Gasteiger charge is 2.32. The van der Waals surface area contributed by atoms with Crippen molar-refractivity contribution in [2.24, 2.45) is 0 Å². The Hall–Kier alpha value is -4.06. The van der Waals surface area contributed by atoms with Crippen LogP contribution in [-0.2, 0) is 40.0 Å². The number of rotatable bonds is 7. The molecule has 9 nitrogen and oxygen atoms in total. The second kappa shape index (κ2) is 12.7. The van der Waals surface area contributed by atoms with Gasteiger partial charge in [-0.2, -0.15) is 18.3 Å². The van der Waals surface area contributed by atoms with Gasteiger partial charge >= 0.3 is 12.3 Å². The summed E-state index contributed by atoms with van der Waals surface area (Å²) in [4.78, 5) is 30.7. The van der Waals surface area contributed by atoms with Gasteiger partial charge in [-0.3, -0.25) is 14.4 Å². The van der Waals surface area contributed by atoms with Crippen molar-refractivity contribution in [1.82, 2.24) is 19.6 Å². The summed E-state index contributed by atoms with van der Waals surface area (Å²) in [5.74, 6) is -0.0893. The average Bonchev–Trinajstić information content (AvgIpc) is 3.34. The third-order valence-electron chi connectivity index (χ3n) is 8.16. The zero-order valence-electron chi connectivity index (χ0n) is 24.6. The molecule has 43 heavy (non-hydrogen) atoms. The fourth-order valence-electron chi connectivity index (χ4n) is 5.85. The van der Waals surface area contributed by atoms with E-state index in [2.05, 4.69) is 28.9 Å².